The first-order chi connectivity index (χ1) is 7.75. The lowest BCUT2D eigenvalue weighted by Crippen LogP contribution is -2.03. The Hall–Kier alpha value is -1.68. The number of anilines is 1. The van der Waals surface area contributed by atoms with Gasteiger partial charge in [-0.2, -0.15) is 0 Å². The van der Waals surface area contributed by atoms with Crippen LogP contribution in [0.5, 0.6) is 0 Å². The van der Waals surface area contributed by atoms with E-state index in [0.717, 1.165) is 5.56 Å². The molecule has 82 valence electrons. The Morgan fingerprint density at radius 3 is 3.00 bits per heavy atom. The lowest BCUT2D eigenvalue weighted by atomic mass is 10.1. The summed E-state index contributed by atoms with van der Waals surface area (Å²) in [7, 11) is 0. The van der Waals surface area contributed by atoms with Crippen molar-refractivity contribution in [3.8, 4) is 0 Å². The second-order valence-electron chi connectivity index (χ2n) is 3.38. The Bertz CT molecular complexity index is 487. The van der Waals surface area contributed by atoms with Crippen molar-refractivity contribution in [2.45, 2.75) is 13.5 Å². The van der Waals surface area contributed by atoms with E-state index in [-0.39, 0.29) is 0 Å². The van der Waals surface area contributed by atoms with E-state index in [1.165, 1.54) is 11.9 Å². The van der Waals surface area contributed by atoms with E-state index >= 15 is 0 Å². The van der Waals surface area contributed by atoms with Crippen molar-refractivity contribution < 1.29 is 0 Å². The molecule has 16 heavy (non-hydrogen) atoms. The number of hydrogen-bond donors (Lipinski definition) is 1. The first-order valence-electron chi connectivity index (χ1n) is 4.86. The molecule has 0 radical (unpaired) electrons. The van der Waals surface area contributed by atoms with Gasteiger partial charge in [0.2, 0.25) is 0 Å². The van der Waals surface area contributed by atoms with Crippen molar-refractivity contribution in [1.82, 2.24) is 15.0 Å². The molecular weight excluding hydrogens is 224 g/mol. The van der Waals surface area contributed by atoms with Crippen LogP contribution < -0.4 is 5.32 Å². The molecule has 0 unspecified atom stereocenters. The molecule has 0 saturated carbocycles. The normalized spacial score (nSPS) is 10.1. The average Bonchev–Trinajstić information content (AvgIpc) is 2.28. The van der Waals surface area contributed by atoms with Crippen LogP contribution in [0.1, 0.15) is 11.1 Å². The van der Waals surface area contributed by atoms with E-state index in [2.05, 4.69) is 20.3 Å². The second-order valence-corrected chi connectivity index (χ2v) is 3.77. The molecule has 0 aliphatic rings. The van der Waals surface area contributed by atoms with Crippen LogP contribution in [-0.4, -0.2) is 15.0 Å². The fraction of sp³-hybridized carbons (Fsp3) is 0.182. The summed E-state index contributed by atoms with van der Waals surface area (Å²) in [6.07, 6.45) is 5.05. The summed E-state index contributed by atoms with van der Waals surface area (Å²) in [5, 5.41) is 3.60. The number of halogens is 1. The minimum atomic E-state index is 0.431. The Balaban J connectivity index is 2.05. The first kappa shape index (κ1) is 10.8. The van der Waals surface area contributed by atoms with Crippen molar-refractivity contribution in [2.75, 3.05) is 5.32 Å². The maximum atomic E-state index is 5.75. The third kappa shape index (κ3) is 2.67. The number of hydrogen-bond acceptors (Lipinski definition) is 4. The van der Waals surface area contributed by atoms with Crippen LogP contribution in [0.4, 0.5) is 5.82 Å². The molecule has 0 spiro atoms. The van der Waals surface area contributed by atoms with Gasteiger partial charge >= 0.3 is 0 Å². The summed E-state index contributed by atoms with van der Waals surface area (Å²) in [6.45, 7) is 2.72. The molecule has 2 aromatic rings. The molecule has 2 aromatic heterocycles. The smallest absolute Gasteiger partial charge is 0.134 e. The van der Waals surface area contributed by atoms with E-state index < -0.39 is 0 Å². The number of nitrogens with zero attached hydrogens (tertiary/aromatic N) is 3. The molecule has 0 atom stereocenters. The molecule has 5 heteroatoms. The second kappa shape index (κ2) is 4.90. The van der Waals surface area contributed by atoms with E-state index in [9.17, 15) is 0 Å². The van der Waals surface area contributed by atoms with Crippen LogP contribution in [0.15, 0.2) is 30.9 Å². The number of rotatable bonds is 3. The number of pyridine rings is 1. The maximum absolute atomic E-state index is 5.75. The SMILES string of the molecule is Cc1ccncc1CNc1cc(Cl)ncn1. The van der Waals surface area contributed by atoms with Gasteiger partial charge in [-0.25, -0.2) is 9.97 Å². The van der Waals surface area contributed by atoms with Gasteiger partial charge in [-0.15, -0.1) is 0 Å². The Kier molecular flexibility index (Phi) is 3.31. The molecule has 0 saturated heterocycles. The minimum absolute atomic E-state index is 0.431. The zero-order chi connectivity index (χ0) is 11.4. The van der Waals surface area contributed by atoms with Crippen molar-refractivity contribution in [2.24, 2.45) is 0 Å². The third-order valence-corrected chi connectivity index (χ3v) is 2.45. The molecule has 2 rings (SSSR count). The minimum Gasteiger partial charge on any atom is -0.366 e. The van der Waals surface area contributed by atoms with Crippen LogP contribution in [0, 0.1) is 6.92 Å². The van der Waals surface area contributed by atoms with E-state index in [1.54, 1.807) is 12.3 Å². The molecule has 4 nitrogen and oxygen atoms in total. The van der Waals surface area contributed by atoms with E-state index in [1.807, 2.05) is 19.2 Å². The summed E-state index contributed by atoms with van der Waals surface area (Å²) >= 11 is 5.75. The van der Waals surface area contributed by atoms with Gasteiger partial charge in [-0.3, -0.25) is 4.98 Å². The highest BCUT2D eigenvalue weighted by Crippen LogP contribution is 2.11. The zero-order valence-electron chi connectivity index (χ0n) is 8.81. The van der Waals surface area contributed by atoms with Gasteiger partial charge in [0.15, 0.2) is 0 Å². The molecule has 0 aromatic carbocycles. The van der Waals surface area contributed by atoms with Gasteiger partial charge in [0.25, 0.3) is 0 Å². The van der Waals surface area contributed by atoms with E-state index in [4.69, 9.17) is 11.6 Å². The zero-order valence-corrected chi connectivity index (χ0v) is 9.57. The molecule has 0 fully saturated rings. The van der Waals surface area contributed by atoms with E-state index in [0.29, 0.717) is 17.5 Å². The van der Waals surface area contributed by atoms with Crippen LogP contribution in [0.3, 0.4) is 0 Å². The highest BCUT2D eigenvalue weighted by atomic mass is 35.5. The topological polar surface area (TPSA) is 50.7 Å². The largest absolute Gasteiger partial charge is 0.366 e. The van der Waals surface area contributed by atoms with Gasteiger partial charge in [0.05, 0.1) is 0 Å². The molecular formula is C11H11ClN4. The summed E-state index contributed by atoms with van der Waals surface area (Å²) in [6, 6.07) is 3.66. The van der Waals surface area contributed by atoms with Gasteiger partial charge in [-0.05, 0) is 24.1 Å². The fourth-order valence-corrected chi connectivity index (χ4v) is 1.44. The van der Waals surface area contributed by atoms with Crippen molar-refractivity contribution in [1.29, 1.82) is 0 Å². The standard InChI is InChI=1S/C11H11ClN4/c1-8-2-3-13-5-9(8)6-14-11-4-10(12)15-7-16-11/h2-5,7H,6H2,1H3,(H,14,15,16). The highest BCUT2D eigenvalue weighted by Gasteiger charge is 1.99. The summed E-state index contributed by atoms with van der Waals surface area (Å²) in [5.74, 6) is 0.711. The quantitative estimate of drug-likeness (QED) is 0.829. The van der Waals surface area contributed by atoms with Crippen molar-refractivity contribution >= 4 is 17.4 Å². The van der Waals surface area contributed by atoms with Crippen molar-refractivity contribution in [3.63, 3.8) is 0 Å². The van der Waals surface area contributed by atoms with Crippen molar-refractivity contribution in [3.05, 3.63) is 47.1 Å². The third-order valence-electron chi connectivity index (χ3n) is 2.24. The number of aromatic nitrogens is 3. The monoisotopic (exact) mass is 234 g/mol. The summed E-state index contributed by atoms with van der Waals surface area (Å²) in [5.41, 5.74) is 2.33. The van der Waals surface area contributed by atoms with Crippen LogP contribution in [-0.2, 0) is 6.54 Å². The maximum Gasteiger partial charge on any atom is 0.134 e. The van der Waals surface area contributed by atoms with Gasteiger partial charge in [-0.1, -0.05) is 11.6 Å². The lowest BCUT2D eigenvalue weighted by Gasteiger charge is -2.07. The number of nitrogens with one attached hydrogen (secondary N) is 1. The van der Waals surface area contributed by atoms with Gasteiger partial charge < -0.3 is 5.32 Å². The first-order valence-corrected chi connectivity index (χ1v) is 5.24. The Labute approximate surface area is 98.7 Å². The average molecular weight is 235 g/mol. The van der Waals surface area contributed by atoms with Crippen LogP contribution in [0.2, 0.25) is 5.15 Å². The van der Waals surface area contributed by atoms with Gasteiger partial charge in [0.1, 0.15) is 17.3 Å². The molecule has 0 amide bonds. The highest BCUT2D eigenvalue weighted by molar-refractivity contribution is 6.29. The number of aryl methyl sites for hydroxylation is 1. The van der Waals surface area contributed by atoms with Crippen LogP contribution in [0.25, 0.3) is 0 Å². The molecule has 1 N–H and O–H groups in total. The van der Waals surface area contributed by atoms with Gasteiger partial charge in [0, 0.05) is 25.0 Å². The summed E-state index contributed by atoms with van der Waals surface area (Å²) in [4.78, 5) is 11.9. The molecule has 2 heterocycles. The fourth-order valence-electron chi connectivity index (χ4n) is 1.30. The predicted molar refractivity (Wildman–Crippen MR) is 63.3 cm³/mol. The van der Waals surface area contributed by atoms with Crippen LogP contribution >= 0.6 is 11.6 Å². The molecule has 0 aliphatic heterocycles. The molecule has 0 bridgehead atoms. The predicted octanol–water partition coefficient (Wildman–Crippen LogP) is 2.45. The summed E-state index contributed by atoms with van der Waals surface area (Å²) < 4.78 is 0. The Morgan fingerprint density at radius 2 is 2.25 bits per heavy atom. The lowest BCUT2D eigenvalue weighted by molar-refractivity contribution is 1.05. The Morgan fingerprint density at radius 1 is 1.38 bits per heavy atom. The molecule has 0 aliphatic carbocycles.